The van der Waals surface area contributed by atoms with Gasteiger partial charge in [-0.25, -0.2) is 0 Å². The van der Waals surface area contributed by atoms with Crippen molar-refractivity contribution in [3.63, 3.8) is 0 Å². The van der Waals surface area contributed by atoms with Crippen LogP contribution in [0, 0.1) is 3.57 Å². The second-order valence-electron chi connectivity index (χ2n) is 4.15. The molecule has 0 unspecified atom stereocenters. The minimum Gasteiger partial charge on any atom is -0.360 e. The number of carbonyl (C=O) groups is 1. The van der Waals surface area contributed by atoms with Crippen molar-refractivity contribution in [2.45, 2.75) is 17.7 Å². The summed E-state index contributed by atoms with van der Waals surface area (Å²) in [7, 11) is 0. The maximum atomic E-state index is 11.9. The molecule has 0 radical (unpaired) electrons. The van der Waals surface area contributed by atoms with Gasteiger partial charge in [-0.05, 0) is 47.2 Å². The summed E-state index contributed by atoms with van der Waals surface area (Å²) in [5.74, 6) is 0.286. The van der Waals surface area contributed by atoms with Crippen LogP contribution in [0.25, 0.3) is 0 Å². The fourth-order valence-corrected chi connectivity index (χ4v) is 3.58. The topological polar surface area (TPSA) is 66.9 Å². The van der Waals surface area contributed by atoms with Crippen molar-refractivity contribution in [1.82, 2.24) is 10.2 Å². The smallest absolute Gasteiger partial charge is 0.234 e. The van der Waals surface area contributed by atoms with Crippen molar-refractivity contribution in [2.24, 2.45) is 0 Å². The molecule has 0 fully saturated rings. The summed E-state index contributed by atoms with van der Waals surface area (Å²) in [5.41, 5.74) is 0.815. The van der Waals surface area contributed by atoms with Gasteiger partial charge in [0.05, 0.1) is 5.75 Å². The van der Waals surface area contributed by atoms with Crippen LogP contribution in [0.2, 0.25) is 0 Å². The van der Waals surface area contributed by atoms with Gasteiger partial charge in [0.25, 0.3) is 0 Å². The maximum absolute atomic E-state index is 11.9. The highest BCUT2D eigenvalue weighted by molar-refractivity contribution is 14.1. The molecule has 2 rings (SSSR count). The van der Waals surface area contributed by atoms with Crippen LogP contribution in [0.5, 0.6) is 0 Å². The highest BCUT2D eigenvalue weighted by atomic mass is 127. The summed E-state index contributed by atoms with van der Waals surface area (Å²) in [4.78, 5) is 11.9. The van der Waals surface area contributed by atoms with Crippen LogP contribution >= 0.6 is 45.7 Å². The van der Waals surface area contributed by atoms with E-state index in [2.05, 4.69) is 50.3 Å². The number of aromatic nitrogens is 2. The van der Waals surface area contributed by atoms with Gasteiger partial charge >= 0.3 is 0 Å². The van der Waals surface area contributed by atoms with E-state index in [1.54, 1.807) is 0 Å². The zero-order valence-corrected chi connectivity index (χ0v) is 15.2. The molecule has 0 saturated heterocycles. The fraction of sp³-hybridized carbons (Fsp3) is 0.308. The van der Waals surface area contributed by atoms with Crippen molar-refractivity contribution < 1.29 is 4.79 Å². The van der Waals surface area contributed by atoms with Crippen LogP contribution in [0.4, 0.5) is 10.8 Å². The number of anilines is 2. The summed E-state index contributed by atoms with van der Waals surface area (Å²) in [6.45, 7) is 2.98. The van der Waals surface area contributed by atoms with Gasteiger partial charge in [0.2, 0.25) is 11.0 Å². The first-order valence-corrected chi connectivity index (χ1v) is 9.31. The number of rotatable bonds is 7. The number of hydrogen-bond donors (Lipinski definition) is 2. The summed E-state index contributed by atoms with van der Waals surface area (Å²) in [6.07, 6.45) is 1.04. The number of nitrogens with zero attached hydrogens (tertiary/aromatic N) is 2. The van der Waals surface area contributed by atoms with Gasteiger partial charge < -0.3 is 10.6 Å². The van der Waals surface area contributed by atoms with Crippen LogP contribution in [0.1, 0.15) is 13.3 Å². The number of benzene rings is 1. The van der Waals surface area contributed by atoms with Gasteiger partial charge in [-0.3, -0.25) is 4.79 Å². The Hall–Kier alpha value is -0.870. The molecule has 21 heavy (non-hydrogen) atoms. The molecule has 0 aliphatic heterocycles. The molecule has 1 amide bonds. The van der Waals surface area contributed by atoms with Crippen LogP contribution in [0.15, 0.2) is 28.6 Å². The number of halogens is 1. The Morgan fingerprint density at radius 2 is 2.29 bits per heavy atom. The van der Waals surface area contributed by atoms with Crippen molar-refractivity contribution in [1.29, 1.82) is 0 Å². The highest BCUT2D eigenvalue weighted by Gasteiger charge is 2.08. The first kappa shape index (κ1) is 16.5. The van der Waals surface area contributed by atoms with E-state index in [1.807, 2.05) is 24.3 Å². The predicted octanol–water partition coefficient (Wildman–Crippen LogP) is 3.70. The summed E-state index contributed by atoms with van der Waals surface area (Å²) in [6, 6.07) is 7.71. The lowest BCUT2D eigenvalue weighted by Crippen LogP contribution is -2.13. The van der Waals surface area contributed by atoms with Crippen LogP contribution in [0.3, 0.4) is 0 Å². The Morgan fingerprint density at radius 3 is 3.05 bits per heavy atom. The third-order valence-electron chi connectivity index (χ3n) is 2.37. The Bertz CT molecular complexity index is 605. The number of hydrogen-bond acceptors (Lipinski definition) is 6. The molecule has 0 spiro atoms. The zero-order valence-electron chi connectivity index (χ0n) is 11.4. The molecule has 1 aromatic carbocycles. The van der Waals surface area contributed by atoms with E-state index < -0.39 is 0 Å². The van der Waals surface area contributed by atoms with Gasteiger partial charge in [-0.1, -0.05) is 36.1 Å². The largest absolute Gasteiger partial charge is 0.360 e. The second-order valence-corrected chi connectivity index (χ2v) is 7.59. The van der Waals surface area contributed by atoms with Crippen molar-refractivity contribution in [3.05, 3.63) is 27.8 Å². The Balaban J connectivity index is 1.79. The predicted molar refractivity (Wildman–Crippen MR) is 97.2 cm³/mol. The highest BCUT2D eigenvalue weighted by Crippen LogP contribution is 2.25. The van der Waals surface area contributed by atoms with Gasteiger partial charge in [0.15, 0.2) is 4.34 Å². The van der Waals surface area contributed by atoms with E-state index in [9.17, 15) is 4.79 Å². The summed E-state index contributed by atoms with van der Waals surface area (Å²) in [5, 5.41) is 14.9. The number of nitrogens with one attached hydrogen (secondary N) is 2. The normalized spacial score (nSPS) is 10.4. The van der Waals surface area contributed by atoms with E-state index in [0.717, 1.165) is 31.7 Å². The Morgan fingerprint density at radius 1 is 1.43 bits per heavy atom. The van der Waals surface area contributed by atoms with E-state index >= 15 is 0 Å². The van der Waals surface area contributed by atoms with Crippen LogP contribution in [-0.4, -0.2) is 28.4 Å². The monoisotopic (exact) mass is 434 g/mol. The van der Waals surface area contributed by atoms with Gasteiger partial charge in [0.1, 0.15) is 0 Å². The number of thioether (sulfide) groups is 1. The first-order valence-electron chi connectivity index (χ1n) is 6.43. The second kappa shape index (κ2) is 8.54. The van der Waals surface area contributed by atoms with Gasteiger partial charge in [-0.15, -0.1) is 10.2 Å². The molecule has 0 aliphatic carbocycles. The van der Waals surface area contributed by atoms with Gasteiger partial charge in [-0.2, -0.15) is 0 Å². The van der Waals surface area contributed by atoms with Crippen LogP contribution in [-0.2, 0) is 4.79 Å². The van der Waals surface area contributed by atoms with Gasteiger partial charge in [0, 0.05) is 15.8 Å². The quantitative estimate of drug-likeness (QED) is 0.514. The van der Waals surface area contributed by atoms with Crippen LogP contribution < -0.4 is 10.6 Å². The molecule has 2 aromatic rings. The molecule has 112 valence electrons. The lowest BCUT2D eigenvalue weighted by atomic mass is 10.3. The molecule has 0 bridgehead atoms. The molecule has 2 N–H and O–H groups in total. The lowest BCUT2D eigenvalue weighted by Gasteiger charge is -2.04. The molecule has 8 heteroatoms. The maximum Gasteiger partial charge on any atom is 0.234 e. The Kier molecular flexibility index (Phi) is 6.71. The van der Waals surface area contributed by atoms with Crippen molar-refractivity contribution >= 4 is 62.4 Å². The molecule has 1 heterocycles. The molecule has 0 atom stereocenters. The third kappa shape index (κ3) is 5.79. The van der Waals surface area contributed by atoms with Crippen molar-refractivity contribution in [2.75, 3.05) is 22.9 Å². The summed E-state index contributed by atoms with van der Waals surface area (Å²) >= 11 is 5.09. The third-order valence-corrected chi connectivity index (χ3v) is 5.05. The van der Waals surface area contributed by atoms with E-state index in [-0.39, 0.29) is 5.91 Å². The average molecular weight is 434 g/mol. The average Bonchev–Trinajstić information content (AvgIpc) is 2.91. The molecule has 1 aromatic heterocycles. The van der Waals surface area contributed by atoms with E-state index in [4.69, 9.17) is 0 Å². The van der Waals surface area contributed by atoms with E-state index in [0.29, 0.717) is 5.75 Å². The molecular weight excluding hydrogens is 419 g/mol. The minimum atomic E-state index is -0.0414. The molecule has 0 aliphatic rings. The SMILES string of the molecule is CCCNc1nnc(SCC(=O)Nc2cccc(I)c2)s1. The molecule has 5 nitrogen and oxygen atoms in total. The summed E-state index contributed by atoms with van der Waals surface area (Å²) < 4.78 is 1.89. The zero-order chi connectivity index (χ0) is 15.1. The van der Waals surface area contributed by atoms with Crippen molar-refractivity contribution in [3.8, 4) is 0 Å². The molecule has 0 saturated carbocycles. The lowest BCUT2D eigenvalue weighted by molar-refractivity contribution is -0.113. The minimum absolute atomic E-state index is 0.0414. The first-order chi connectivity index (χ1) is 10.2. The number of amides is 1. The number of carbonyl (C=O) groups excluding carboxylic acids is 1. The Labute approximate surface area is 145 Å². The molecular formula is C13H15IN4OS2. The standard InChI is InChI=1S/C13H15IN4OS2/c1-2-6-15-12-17-18-13(21-12)20-8-11(19)16-10-5-3-4-9(14)7-10/h3-5,7H,2,6,8H2,1H3,(H,15,17)(H,16,19). The van der Waals surface area contributed by atoms with E-state index in [1.165, 1.54) is 23.1 Å². The fourth-order valence-electron chi connectivity index (χ4n) is 1.46.